The van der Waals surface area contributed by atoms with Crippen LogP contribution in [0.25, 0.3) is 5.57 Å². The summed E-state index contributed by atoms with van der Waals surface area (Å²) in [4.78, 5) is 0. The molecule has 0 fully saturated rings. The summed E-state index contributed by atoms with van der Waals surface area (Å²) < 4.78 is 0. The quantitative estimate of drug-likeness (QED) is 0.661. The molecule has 0 amide bonds. The molecule has 0 unspecified atom stereocenters. The molecule has 0 saturated heterocycles. The first kappa shape index (κ1) is 18.8. The summed E-state index contributed by atoms with van der Waals surface area (Å²) in [7, 11) is 0. The third kappa shape index (κ3) is 3.89. The lowest BCUT2D eigenvalue weighted by Crippen LogP contribution is -2.46. The maximum Gasteiger partial charge on any atom is 0.111 e. The lowest BCUT2D eigenvalue weighted by atomic mass is 9.81. The summed E-state index contributed by atoms with van der Waals surface area (Å²) in [5, 5.41) is 39.8. The highest BCUT2D eigenvalue weighted by Gasteiger charge is 2.37. The monoisotopic (exact) mass is 354 g/mol. The van der Waals surface area contributed by atoms with Gasteiger partial charge in [0.1, 0.15) is 12.2 Å². The number of rotatable bonds is 5. The first-order valence-corrected chi connectivity index (χ1v) is 9.07. The fourth-order valence-corrected chi connectivity index (χ4v) is 3.47. The smallest absolute Gasteiger partial charge is 0.111 e. The van der Waals surface area contributed by atoms with Crippen LogP contribution < -0.4 is 0 Å². The largest absolute Gasteiger partial charge is 0.396 e. The van der Waals surface area contributed by atoms with Gasteiger partial charge in [-0.25, -0.2) is 0 Å². The van der Waals surface area contributed by atoms with Crippen LogP contribution in [0.2, 0.25) is 0 Å². The highest BCUT2D eigenvalue weighted by atomic mass is 16.4. The Labute approximate surface area is 154 Å². The Morgan fingerprint density at radius 2 is 1.54 bits per heavy atom. The van der Waals surface area contributed by atoms with Crippen LogP contribution >= 0.6 is 0 Å². The minimum Gasteiger partial charge on any atom is -0.396 e. The molecule has 138 valence electrons. The van der Waals surface area contributed by atoms with Crippen molar-refractivity contribution in [3.05, 3.63) is 76.9 Å². The van der Waals surface area contributed by atoms with Crippen LogP contribution in [0.3, 0.4) is 0 Å². The van der Waals surface area contributed by atoms with Gasteiger partial charge in [0, 0.05) is 5.92 Å². The van der Waals surface area contributed by atoms with Gasteiger partial charge in [0.05, 0.1) is 12.7 Å². The minimum absolute atomic E-state index is 0.280. The van der Waals surface area contributed by atoms with E-state index in [1.165, 1.54) is 11.1 Å². The average Bonchev–Trinajstić information content (AvgIpc) is 2.67. The zero-order chi connectivity index (χ0) is 18.7. The molecule has 4 nitrogen and oxygen atoms in total. The summed E-state index contributed by atoms with van der Waals surface area (Å²) in [5.41, 5.74) is 4.96. The molecule has 0 bridgehead atoms. The van der Waals surface area contributed by atoms with E-state index in [0.29, 0.717) is 5.57 Å². The Bertz CT molecular complexity index is 766. The molecular weight excluding hydrogens is 328 g/mol. The number of hydrogen-bond donors (Lipinski definition) is 4. The molecular formula is C22H26O4. The average molecular weight is 354 g/mol. The molecule has 4 heteroatoms. The SMILES string of the molecule is CCc1ccc(Cc2cccc(C3=C[C@H](CO)[C@@H](O)[C@H](O)[C@H]3O)c2)cc1. The summed E-state index contributed by atoms with van der Waals surface area (Å²) in [5.74, 6) is -0.589. The summed E-state index contributed by atoms with van der Waals surface area (Å²) in [6.07, 6.45) is -0.196. The van der Waals surface area contributed by atoms with Gasteiger partial charge >= 0.3 is 0 Å². The Balaban J connectivity index is 1.86. The maximum atomic E-state index is 10.4. The van der Waals surface area contributed by atoms with E-state index in [1.54, 1.807) is 6.08 Å². The fourth-order valence-electron chi connectivity index (χ4n) is 3.47. The van der Waals surface area contributed by atoms with E-state index in [-0.39, 0.29) is 6.61 Å². The van der Waals surface area contributed by atoms with Crippen LogP contribution in [0.5, 0.6) is 0 Å². The normalized spacial score (nSPS) is 25.8. The Hall–Kier alpha value is -1.98. The van der Waals surface area contributed by atoms with Crippen molar-refractivity contribution < 1.29 is 20.4 Å². The molecule has 0 spiro atoms. The second-order valence-corrected chi connectivity index (χ2v) is 6.94. The first-order valence-electron chi connectivity index (χ1n) is 9.07. The van der Waals surface area contributed by atoms with E-state index < -0.39 is 24.2 Å². The molecule has 4 atom stereocenters. The molecule has 0 heterocycles. The van der Waals surface area contributed by atoms with Crippen LogP contribution in [0.15, 0.2) is 54.6 Å². The molecule has 0 aromatic heterocycles. The summed E-state index contributed by atoms with van der Waals surface area (Å²) >= 11 is 0. The van der Waals surface area contributed by atoms with E-state index >= 15 is 0 Å². The second kappa shape index (κ2) is 8.14. The molecule has 1 aliphatic carbocycles. The van der Waals surface area contributed by atoms with Crippen molar-refractivity contribution in [2.45, 2.75) is 38.1 Å². The summed E-state index contributed by atoms with van der Waals surface area (Å²) in [6, 6.07) is 16.3. The molecule has 3 rings (SSSR count). The third-order valence-electron chi connectivity index (χ3n) is 5.13. The van der Waals surface area contributed by atoms with Crippen molar-refractivity contribution >= 4 is 5.57 Å². The van der Waals surface area contributed by atoms with Crippen molar-refractivity contribution in [1.82, 2.24) is 0 Å². The number of benzene rings is 2. The fraction of sp³-hybridized carbons (Fsp3) is 0.364. The van der Waals surface area contributed by atoms with Gasteiger partial charge in [0.15, 0.2) is 0 Å². The van der Waals surface area contributed by atoms with E-state index in [4.69, 9.17) is 0 Å². The zero-order valence-corrected chi connectivity index (χ0v) is 14.9. The van der Waals surface area contributed by atoms with E-state index in [9.17, 15) is 20.4 Å². The molecule has 4 N–H and O–H groups in total. The predicted octanol–water partition coefficient (Wildman–Crippen LogP) is 1.93. The van der Waals surface area contributed by atoms with Crippen molar-refractivity contribution in [3.63, 3.8) is 0 Å². The van der Waals surface area contributed by atoms with Gasteiger partial charge in [0.25, 0.3) is 0 Å². The highest BCUT2D eigenvalue weighted by Crippen LogP contribution is 2.31. The first-order chi connectivity index (χ1) is 12.5. The van der Waals surface area contributed by atoms with Gasteiger partial charge in [-0.15, -0.1) is 0 Å². The van der Waals surface area contributed by atoms with Gasteiger partial charge in [-0.2, -0.15) is 0 Å². The molecule has 2 aromatic rings. The van der Waals surface area contributed by atoms with E-state index in [2.05, 4.69) is 31.2 Å². The molecule has 2 aromatic carbocycles. The van der Waals surface area contributed by atoms with Gasteiger partial charge in [-0.3, -0.25) is 0 Å². The Kier molecular flexibility index (Phi) is 5.89. The lowest BCUT2D eigenvalue weighted by Gasteiger charge is -2.34. The van der Waals surface area contributed by atoms with E-state index in [1.807, 2.05) is 24.3 Å². The lowest BCUT2D eigenvalue weighted by molar-refractivity contribution is -0.0687. The van der Waals surface area contributed by atoms with E-state index in [0.717, 1.165) is 24.0 Å². The third-order valence-corrected chi connectivity index (χ3v) is 5.13. The van der Waals surface area contributed by atoms with Crippen molar-refractivity contribution in [1.29, 1.82) is 0 Å². The number of aryl methyl sites for hydroxylation is 1. The van der Waals surface area contributed by atoms with Crippen molar-refractivity contribution in [3.8, 4) is 0 Å². The van der Waals surface area contributed by atoms with Gasteiger partial charge in [-0.1, -0.05) is 61.5 Å². The van der Waals surface area contributed by atoms with Crippen LogP contribution in [0.4, 0.5) is 0 Å². The summed E-state index contributed by atoms with van der Waals surface area (Å²) in [6.45, 7) is 1.85. The van der Waals surface area contributed by atoms with Crippen LogP contribution in [0.1, 0.15) is 29.2 Å². The standard InChI is InChI=1S/C22H26O4/c1-2-14-6-8-15(9-7-14)10-16-4-3-5-17(11-16)19-12-18(13-23)20(24)22(26)21(19)25/h3-9,11-12,18,20-26H,2,10,13H2,1H3/t18-,20-,21+,22+/m1/s1. The van der Waals surface area contributed by atoms with Crippen molar-refractivity contribution in [2.24, 2.45) is 5.92 Å². The highest BCUT2D eigenvalue weighted by molar-refractivity contribution is 5.71. The maximum absolute atomic E-state index is 10.4. The van der Waals surface area contributed by atoms with Gasteiger partial charge in [-0.05, 0) is 40.7 Å². The van der Waals surface area contributed by atoms with Crippen LogP contribution in [-0.2, 0) is 12.8 Å². The van der Waals surface area contributed by atoms with Crippen LogP contribution in [0, 0.1) is 5.92 Å². The topological polar surface area (TPSA) is 80.9 Å². The molecule has 26 heavy (non-hydrogen) atoms. The Morgan fingerprint density at radius 1 is 0.846 bits per heavy atom. The molecule has 0 radical (unpaired) electrons. The number of hydrogen-bond acceptors (Lipinski definition) is 4. The van der Waals surface area contributed by atoms with Gasteiger partial charge < -0.3 is 20.4 Å². The number of aliphatic hydroxyl groups excluding tert-OH is 4. The van der Waals surface area contributed by atoms with Gasteiger partial charge in [0.2, 0.25) is 0 Å². The Morgan fingerprint density at radius 3 is 2.19 bits per heavy atom. The number of aliphatic hydroxyl groups is 4. The zero-order valence-electron chi connectivity index (χ0n) is 14.9. The second-order valence-electron chi connectivity index (χ2n) is 6.94. The minimum atomic E-state index is -1.31. The van der Waals surface area contributed by atoms with Crippen LogP contribution in [-0.4, -0.2) is 45.3 Å². The molecule has 0 saturated carbocycles. The molecule has 0 aliphatic heterocycles. The molecule has 1 aliphatic rings. The van der Waals surface area contributed by atoms with Crippen molar-refractivity contribution in [2.75, 3.05) is 6.61 Å². The predicted molar refractivity (Wildman–Crippen MR) is 102 cm³/mol.